The molecule has 9 heteroatoms. The number of hydrogen-bond donors (Lipinski definition) is 5. The minimum absolute atomic E-state index is 0. The Balaban J connectivity index is 0.000000178. The van der Waals surface area contributed by atoms with Gasteiger partial charge >= 0.3 is 0 Å². The molecule has 5 N–H and O–H groups in total. The molecule has 244 valence electrons. The van der Waals surface area contributed by atoms with Crippen LogP contribution in [0.2, 0.25) is 0 Å². The van der Waals surface area contributed by atoms with Gasteiger partial charge in [0.05, 0.1) is 14.2 Å². The van der Waals surface area contributed by atoms with Crippen LogP contribution >= 0.6 is 12.4 Å². The Morgan fingerprint density at radius 1 is 0.717 bits per heavy atom. The van der Waals surface area contributed by atoms with Crippen LogP contribution < -0.4 is 14.8 Å². The number of phenols is 4. The third-order valence-corrected chi connectivity index (χ3v) is 9.52. The number of rotatable bonds is 4. The van der Waals surface area contributed by atoms with Crippen molar-refractivity contribution < 1.29 is 29.9 Å². The largest absolute Gasteiger partial charge is 0.508 e. The fraction of sp³-hybridized carbons (Fsp3) is 0.351. The summed E-state index contributed by atoms with van der Waals surface area (Å²) in [6, 6.07) is 17.6. The average molecular weight is 647 g/mol. The lowest BCUT2D eigenvalue weighted by molar-refractivity contribution is 0.160. The van der Waals surface area contributed by atoms with E-state index in [-0.39, 0.29) is 36.0 Å². The maximum Gasteiger partial charge on any atom is 0.160 e. The highest BCUT2D eigenvalue weighted by Crippen LogP contribution is 2.42. The number of phenolic OH excluding ortho intramolecular Hbond substituents is 4. The van der Waals surface area contributed by atoms with E-state index in [1.54, 1.807) is 20.3 Å². The van der Waals surface area contributed by atoms with Crippen LogP contribution in [0.1, 0.15) is 62.2 Å². The van der Waals surface area contributed by atoms with Crippen molar-refractivity contribution in [2.75, 3.05) is 27.3 Å². The van der Waals surface area contributed by atoms with Gasteiger partial charge < -0.3 is 35.2 Å². The Morgan fingerprint density at radius 2 is 1.37 bits per heavy atom. The van der Waals surface area contributed by atoms with Crippen molar-refractivity contribution in [2.45, 2.75) is 58.2 Å². The molecule has 46 heavy (non-hydrogen) atoms. The average Bonchev–Trinajstić information content (AvgIpc) is 3.02. The number of benzene rings is 4. The highest BCUT2D eigenvalue weighted by Gasteiger charge is 2.33. The maximum absolute atomic E-state index is 10.1. The summed E-state index contributed by atoms with van der Waals surface area (Å²) in [7, 11) is 3.13. The zero-order valence-electron chi connectivity index (χ0n) is 26.8. The third-order valence-electron chi connectivity index (χ3n) is 9.52. The van der Waals surface area contributed by atoms with E-state index in [1.165, 1.54) is 27.8 Å². The molecule has 3 aliphatic heterocycles. The molecule has 7 rings (SSSR count). The minimum atomic E-state index is 0. The van der Waals surface area contributed by atoms with E-state index in [1.807, 2.05) is 50.2 Å². The van der Waals surface area contributed by atoms with Gasteiger partial charge in [-0.25, -0.2) is 0 Å². The van der Waals surface area contributed by atoms with Gasteiger partial charge in [0.25, 0.3) is 0 Å². The molecular weight excluding hydrogens is 604 g/mol. The lowest BCUT2D eigenvalue weighted by atomic mass is 9.83. The van der Waals surface area contributed by atoms with E-state index in [2.05, 4.69) is 22.3 Å². The standard InChI is InChI=1S/C19H21NO3.C18H21NO3.ClH/c1-11-5-12-3-4-20-10-14-7-18(22)19(23-2)8-13(14)6-16(20)15(12)9-17(11)21;1-11-7-13-5-6-19-15(14(13)10-17(11)21)8-12-3-4-16(20)18(9-12)22-2;/h5,7-9,16,21-22H,3-4,6,10H2,1-2H3;3-4,7,9-10,15,19-21H,5-6,8H2,1-2H3;1H. The van der Waals surface area contributed by atoms with Crippen LogP contribution in [0.25, 0.3) is 0 Å². The van der Waals surface area contributed by atoms with Gasteiger partial charge in [0.2, 0.25) is 0 Å². The SMILES string of the molecule is COc1cc(CC2NCCc3cc(C)c(O)cc32)ccc1O.COc1cc2c(cc1O)CN1CCc3cc(C)c(O)cc3C1C2.Cl. The van der Waals surface area contributed by atoms with E-state index in [9.17, 15) is 20.4 Å². The smallest absolute Gasteiger partial charge is 0.160 e. The number of hydrogen-bond acceptors (Lipinski definition) is 8. The Morgan fingerprint density at radius 3 is 2.07 bits per heavy atom. The zero-order valence-corrected chi connectivity index (χ0v) is 27.6. The molecule has 4 aromatic rings. The fourth-order valence-electron chi connectivity index (χ4n) is 7.00. The number of fused-ring (bicyclic) bond motifs is 5. The number of nitrogens with zero attached hydrogens (tertiary/aromatic N) is 1. The summed E-state index contributed by atoms with van der Waals surface area (Å²) in [4.78, 5) is 2.44. The van der Waals surface area contributed by atoms with Crippen LogP contribution in [-0.2, 0) is 32.2 Å². The molecule has 0 radical (unpaired) electrons. The molecular formula is C37H43ClN2O6. The van der Waals surface area contributed by atoms with Gasteiger partial charge in [0.1, 0.15) is 11.5 Å². The molecule has 3 aliphatic rings. The molecule has 0 amide bonds. The first-order valence-corrected chi connectivity index (χ1v) is 15.5. The van der Waals surface area contributed by atoms with Crippen LogP contribution in [0.4, 0.5) is 0 Å². The van der Waals surface area contributed by atoms with E-state index < -0.39 is 0 Å². The summed E-state index contributed by atoms with van der Waals surface area (Å²) in [5.41, 5.74) is 10.4. The molecule has 0 aliphatic carbocycles. The van der Waals surface area contributed by atoms with Crippen LogP contribution in [0, 0.1) is 13.8 Å². The van der Waals surface area contributed by atoms with Crippen molar-refractivity contribution in [3.05, 3.63) is 105 Å². The number of aryl methyl sites for hydroxylation is 2. The van der Waals surface area contributed by atoms with Gasteiger partial charge in [-0.05, 0) is 133 Å². The first-order chi connectivity index (χ1) is 21.6. The molecule has 4 aromatic carbocycles. The second kappa shape index (κ2) is 13.7. The normalized spacial score (nSPS) is 18.0. The zero-order chi connectivity index (χ0) is 31.8. The van der Waals surface area contributed by atoms with E-state index in [4.69, 9.17) is 9.47 Å². The summed E-state index contributed by atoms with van der Waals surface area (Å²) in [6.45, 7) is 6.64. The topological polar surface area (TPSA) is 115 Å². The first kappa shape index (κ1) is 33.3. The van der Waals surface area contributed by atoms with Gasteiger partial charge in [0.15, 0.2) is 23.0 Å². The van der Waals surface area contributed by atoms with Crippen molar-refractivity contribution >= 4 is 12.4 Å². The predicted octanol–water partition coefficient (Wildman–Crippen LogP) is 6.34. The number of ether oxygens (including phenoxy) is 2. The molecule has 0 spiro atoms. The highest BCUT2D eigenvalue weighted by molar-refractivity contribution is 5.85. The summed E-state index contributed by atoms with van der Waals surface area (Å²) in [6.07, 6.45) is 3.64. The predicted molar refractivity (Wildman–Crippen MR) is 181 cm³/mol. The van der Waals surface area contributed by atoms with Crippen LogP contribution in [-0.4, -0.2) is 52.6 Å². The Labute approximate surface area is 276 Å². The maximum atomic E-state index is 10.1. The van der Waals surface area contributed by atoms with Crippen molar-refractivity contribution in [1.82, 2.24) is 10.2 Å². The first-order valence-electron chi connectivity index (χ1n) is 15.5. The molecule has 0 saturated heterocycles. The molecule has 3 heterocycles. The third kappa shape index (κ3) is 6.56. The van der Waals surface area contributed by atoms with Crippen molar-refractivity contribution in [3.8, 4) is 34.5 Å². The van der Waals surface area contributed by atoms with E-state index in [0.29, 0.717) is 23.0 Å². The Bertz CT molecular complexity index is 1740. The van der Waals surface area contributed by atoms with Gasteiger partial charge in [-0.2, -0.15) is 0 Å². The van der Waals surface area contributed by atoms with Gasteiger partial charge in [0, 0.05) is 25.2 Å². The van der Waals surface area contributed by atoms with Crippen LogP contribution in [0.15, 0.2) is 54.6 Å². The summed E-state index contributed by atoms with van der Waals surface area (Å²) in [5, 5.41) is 43.3. The van der Waals surface area contributed by atoms with E-state index in [0.717, 1.165) is 67.6 Å². The molecule has 0 fully saturated rings. The lowest BCUT2D eigenvalue weighted by Gasteiger charge is -2.41. The van der Waals surface area contributed by atoms with Crippen molar-refractivity contribution in [1.29, 1.82) is 0 Å². The molecule has 2 atom stereocenters. The second-order valence-electron chi connectivity index (χ2n) is 12.4. The van der Waals surface area contributed by atoms with Crippen molar-refractivity contribution in [3.63, 3.8) is 0 Å². The van der Waals surface area contributed by atoms with E-state index >= 15 is 0 Å². The van der Waals surface area contributed by atoms with Gasteiger partial charge in [-0.15, -0.1) is 12.4 Å². The number of halogens is 1. The summed E-state index contributed by atoms with van der Waals surface area (Å²) < 4.78 is 10.4. The molecule has 2 unspecified atom stereocenters. The van der Waals surface area contributed by atoms with Crippen molar-refractivity contribution in [2.24, 2.45) is 0 Å². The molecule has 0 aromatic heterocycles. The van der Waals surface area contributed by atoms with Crippen LogP contribution in [0.3, 0.4) is 0 Å². The summed E-state index contributed by atoms with van der Waals surface area (Å²) >= 11 is 0. The molecule has 0 bridgehead atoms. The van der Waals surface area contributed by atoms with Gasteiger partial charge in [-0.3, -0.25) is 4.90 Å². The highest BCUT2D eigenvalue weighted by atomic mass is 35.5. The number of methoxy groups -OCH3 is 2. The Hall–Kier alpha value is -4.11. The number of aromatic hydroxyl groups is 4. The monoisotopic (exact) mass is 646 g/mol. The minimum Gasteiger partial charge on any atom is -0.508 e. The second-order valence-corrected chi connectivity index (χ2v) is 12.4. The van der Waals surface area contributed by atoms with Gasteiger partial charge in [-0.1, -0.05) is 18.2 Å². The quantitative estimate of drug-likeness (QED) is 0.175. The lowest BCUT2D eigenvalue weighted by Crippen LogP contribution is -2.39. The fourth-order valence-corrected chi connectivity index (χ4v) is 7.00. The molecule has 8 nitrogen and oxygen atoms in total. The number of nitrogens with one attached hydrogen (secondary N) is 1. The van der Waals surface area contributed by atoms with Crippen LogP contribution in [0.5, 0.6) is 34.5 Å². The summed E-state index contributed by atoms with van der Waals surface area (Å²) in [5.74, 6) is 2.09. The molecule has 0 saturated carbocycles. The Kier molecular flexibility index (Phi) is 9.91.